The highest BCUT2D eigenvalue weighted by Gasteiger charge is 2.22. The first-order valence-corrected chi connectivity index (χ1v) is 7.23. The number of fused-ring (bicyclic) bond motifs is 1. The van der Waals surface area contributed by atoms with Crippen LogP contribution in [-0.2, 0) is 12.8 Å². The lowest BCUT2D eigenvalue weighted by atomic mass is 9.83. The normalized spacial score (nSPS) is 23.9. The van der Waals surface area contributed by atoms with Crippen LogP contribution in [0.1, 0.15) is 30.4 Å². The minimum atomic E-state index is 0.865. The van der Waals surface area contributed by atoms with E-state index < -0.39 is 0 Å². The van der Waals surface area contributed by atoms with E-state index in [0.717, 1.165) is 11.7 Å². The standard InChI is InChI=1S/C16H23NO/c1-18-16-7-6-14-10-13(4-5-15(14)11-16)12-17-8-2-3-9-17/h6-7,11,13H,2-5,8-10,12H2,1H3/t13-/m0/s1. The topological polar surface area (TPSA) is 12.5 Å². The molecule has 0 spiro atoms. The van der Waals surface area contributed by atoms with E-state index in [1.54, 1.807) is 12.7 Å². The fourth-order valence-electron chi connectivity index (χ4n) is 3.42. The molecule has 1 aromatic carbocycles. The van der Waals surface area contributed by atoms with Gasteiger partial charge in [-0.05, 0) is 74.4 Å². The molecule has 1 aliphatic carbocycles. The number of likely N-dealkylation sites (tertiary alicyclic amines) is 1. The van der Waals surface area contributed by atoms with Gasteiger partial charge >= 0.3 is 0 Å². The van der Waals surface area contributed by atoms with Gasteiger partial charge in [0, 0.05) is 6.54 Å². The molecule has 1 heterocycles. The molecule has 0 unspecified atom stereocenters. The Kier molecular flexibility index (Phi) is 3.55. The van der Waals surface area contributed by atoms with Crippen LogP contribution in [0.2, 0.25) is 0 Å². The zero-order valence-corrected chi connectivity index (χ0v) is 11.3. The molecule has 0 amide bonds. The zero-order valence-electron chi connectivity index (χ0n) is 11.3. The van der Waals surface area contributed by atoms with Gasteiger partial charge in [0.1, 0.15) is 5.75 Å². The summed E-state index contributed by atoms with van der Waals surface area (Å²) in [5.41, 5.74) is 3.05. The monoisotopic (exact) mass is 245 g/mol. The van der Waals surface area contributed by atoms with E-state index in [0.29, 0.717) is 0 Å². The van der Waals surface area contributed by atoms with Crippen LogP contribution in [0.3, 0.4) is 0 Å². The highest BCUT2D eigenvalue weighted by atomic mass is 16.5. The number of aryl methyl sites for hydroxylation is 1. The molecule has 1 fully saturated rings. The van der Waals surface area contributed by atoms with Gasteiger partial charge in [-0.25, -0.2) is 0 Å². The van der Waals surface area contributed by atoms with Crippen LogP contribution >= 0.6 is 0 Å². The number of nitrogens with zero attached hydrogens (tertiary/aromatic N) is 1. The smallest absolute Gasteiger partial charge is 0.119 e. The van der Waals surface area contributed by atoms with Crippen LogP contribution in [0, 0.1) is 5.92 Å². The minimum absolute atomic E-state index is 0.865. The van der Waals surface area contributed by atoms with Gasteiger partial charge in [-0.1, -0.05) is 6.07 Å². The van der Waals surface area contributed by atoms with Gasteiger partial charge in [-0.2, -0.15) is 0 Å². The van der Waals surface area contributed by atoms with E-state index in [4.69, 9.17) is 4.74 Å². The van der Waals surface area contributed by atoms with Crippen molar-refractivity contribution in [2.45, 2.75) is 32.1 Å². The SMILES string of the molecule is COc1ccc2c(c1)CC[C@H](CN1CCCC1)C2. The predicted octanol–water partition coefficient (Wildman–Crippen LogP) is 2.90. The van der Waals surface area contributed by atoms with Crippen molar-refractivity contribution in [2.24, 2.45) is 5.92 Å². The molecule has 2 heteroatoms. The molecule has 0 radical (unpaired) electrons. The lowest BCUT2D eigenvalue weighted by Gasteiger charge is -2.28. The van der Waals surface area contributed by atoms with Gasteiger partial charge in [0.2, 0.25) is 0 Å². The molecule has 1 saturated heterocycles. The molecule has 0 aromatic heterocycles. The summed E-state index contributed by atoms with van der Waals surface area (Å²) >= 11 is 0. The van der Waals surface area contributed by atoms with E-state index in [9.17, 15) is 0 Å². The largest absolute Gasteiger partial charge is 0.497 e. The van der Waals surface area contributed by atoms with Crippen molar-refractivity contribution >= 4 is 0 Å². The van der Waals surface area contributed by atoms with Gasteiger partial charge in [0.05, 0.1) is 7.11 Å². The van der Waals surface area contributed by atoms with Crippen molar-refractivity contribution in [3.8, 4) is 5.75 Å². The number of hydrogen-bond acceptors (Lipinski definition) is 2. The van der Waals surface area contributed by atoms with Crippen LogP contribution in [0.4, 0.5) is 0 Å². The zero-order chi connectivity index (χ0) is 12.4. The molecule has 2 aliphatic rings. The highest BCUT2D eigenvalue weighted by molar-refractivity contribution is 5.37. The molecular formula is C16H23NO. The van der Waals surface area contributed by atoms with Crippen molar-refractivity contribution in [3.05, 3.63) is 29.3 Å². The lowest BCUT2D eigenvalue weighted by molar-refractivity contribution is 0.261. The Morgan fingerprint density at radius 2 is 2.06 bits per heavy atom. The van der Waals surface area contributed by atoms with E-state index in [1.807, 2.05) is 0 Å². The maximum Gasteiger partial charge on any atom is 0.119 e. The second-order valence-corrected chi connectivity index (χ2v) is 5.75. The molecule has 0 saturated carbocycles. The molecule has 18 heavy (non-hydrogen) atoms. The van der Waals surface area contributed by atoms with Crippen LogP contribution < -0.4 is 4.74 Å². The van der Waals surface area contributed by atoms with Crippen LogP contribution in [-0.4, -0.2) is 31.6 Å². The summed E-state index contributed by atoms with van der Waals surface area (Å²) in [6, 6.07) is 6.60. The first kappa shape index (κ1) is 12.0. The Morgan fingerprint density at radius 3 is 2.83 bits per heavy atom. The first-order chi connectivity index (χ1) is 8.85. The van der Waals surface area contributed by atoms with Crippen molar-refractivity contribution < 1.29 is 4.74 Å². The third-order valence-corrected chi connectivity index (χ3v) is 4.46. The number of methoxy groups -OCH3 is 1. The van der Waals surface area contributed by atoms with E-state index in [1.165, 1.54) is 57.3 Å². The van der Waals surface area contributed by atoms with E-state index in [2.05, 4.69) is 23.1 Å². The van der Waals surface area contributed by atoms with Crippen LogP contribution in [0.25, 0.3) is 0 Å². The minimum Gasteiger partial charge on any atom is -0.497 e. The quantitative estimate of drug-likeness (QED) is 0.812. The number of hydrogen-bond donors (Lipinski definition) is 0. The second-order valence-electron chi connectivity index (χ2n) is 5.75. The molecule has 1 aromatic rings. The van der Waals surface area contributed by atoms with Crippen molar-refractivity contribution in [1.82, 2.24) is 4.90 Å². The first-order valence-electron chi connectivity index (χ1n) is 7.23. The van der Waals surface area contributed by atoms with E-state index >= 15 is 0 Å². The molecule has 0 bridgehead atoms. The van der Waals surface area contributed by atoms with Gasteiger partial charge in [0.15, 0.2) is 0 Å². The Labute approximate surface area is 110 Å². The average Bonchev–Trinajstić information content (AvgIpc) is 2.91. The summed E-state index contributed by atoms with van der Waals surface area (Å²) < 4.78 is 5.31. The Bertz CT molecular complexity index is 410. The average molecular weight is 245 g/mol. The lowest BCUT2D eigenvalue weighted by Crippen LogP contribution is -2.30. The molecule has 0 N–H and O–H groups in total. The summed E-state index contributed by atoms with van der Waals surface area (Å²) in [6.07, 6.45) is 6.64. The molecule has 1 atom stereocenters. The summed E-state index contributed by atoms with van der Waals surface area (Å²) in [4.78, 5) is 2.65. The summed E-state index contributed by atoms with van der Waals surface area (Å²) in [7, 11) is 1.75. The fourth-order valence-corrected chi connectivity index (χ4v) is 3.42. The summed E-state index contributed by atoms with van der Waals surface area (Å²) in [5, 5.41) is 0. The third-order valence-electron chi connectivity index (χ3n) is 4.46. The van der Waals surface area contributed by atoms with Crippen LogP contribution in [0.5, 0.6) is 5.75 Å². The van der Waals surface area contributed by atoms with Crippen LogP contribution in [0.15, 0.2) is 18.2 Å². The number of ether oxygens (including phenoxy) is 1. The van der Waals surface area contributed by atoms with Gasteiger partial charge in [0.25, 0.3) is 0 Å². The predicted molar refractivity (Wildman–Crippen MR) is 74.2 cm³/mol. The van der Waals surface area contributed by atoms with Crippen molar-refractivity contribution in [2.75, 3.05) is 26.7 Å². The van der Waals surface area contributed by atoms with Crippen molar-refractivity contribution in [3.63, 3.8) is 0 Å². The third kappa shape index (κ3) is 2.54. The van der Waals surface area contributed by atoms with Gasteiger partial charge in [-0.3, -0.25) is 0 Å². The Hall–Kier alpha value is -1.02. The molecule has 98 valence electrons. The molecule has 2 nitrogen and oxygen atoms in total. The second kappa shape index (κ2) is 5.31. The Morgan fingerprint density at radius 1 is 1.22 bits per heavy atom. The molecule has 1 aliphatic heterocycles. The highest BCUT2D eigenvalue weighted by Crippen LogP contribution is 2.29. The van der Waals surface area contributed by atoms with Gasteiger partial charge in [-0.15, -0.1) is 0 Å². The molecular weight excluding hydrogens is 222 g/mol. The fraction of sp³-hybridized carbons (Fsp3) is 0.625. The van der Waals surface area contributed by atoms with Crippen molar-refractivity contribution in [1.29, 1.82) is 0 Å². The maximum absolute atomic E-state index is 5.31. The summed E-state index contributed by atoms with van der Waals surface area (Å²) in [5.74, 6) is 1.87. The summed E-state index contributed by atoms with van der Waals surface area (Å²) in [6.45, 7) is 3.96. The maximum atomic E-state index is 5.31. The number of benzene rings is 1. The van der Waals surface area contributed by atoms with E-state index in [-0.39, 0.29) is 0 Å². The number of rotatable bonds is 3. The molecule has 3 rings (SSSR count). The Balaban J connectivity index is 1.65. The van der Waals surface area contributed by atoms with Gasteiger partial charge < -0.3 is 9.64 Å².